The first-order chi connectivity index (χ1) is 10.6. The van der Waals surface area contributed by atoms with Crippen LogP contribution in [0.3, 0.4) is 0 Å². The molecule has 0 aliphatic carbocycles. The molecule has 3 rings (SSSR count). The lowest BCUT2D eigenvalue weighted by Crippen LogP contribution is -2.39. The maximum atomic E-state index is 12.4. The van der Waals surface area contributed by atoms with E-state index in [0.717, 1.165) is 11.5 Å². The van der Waals surface area contributed by atoms with Gasteiger partial charge in [-0.2, -0.15) is 0 Å². The van der Waals surface area contributed by atoms with Crippen molar-refractivity contribution in [3.05, 3.63) is 56.7 Å². The molecule has 0 atom stereocenters. The summed E-state index contributed by atoms with van der Waals surface area (Å²) in [4.78, 5) is 28.8. The number of nitrogens with zero attached hydrogens (tertiary/aromatic N) is 4. The predicted octanol–water partition coefficient (Wildman–Crippen LogP) is 1.02. The summed E-state index contributed by atoms with van der Waals surface area (Å²) in [6, 6.07) is 5.27. The van der Waals surface area contributed by atoms with Crippen LogP contribution in [0.25, 0.3) is 11.0 Å². The summed E-state index contributed by atoms with van der Waals surface area (Å²) < 4.78 is 7.79. The van der Waals surface area contributed by atoms with Gasteiger partial charge in [-0.25, -0.2) is 9.78 Å². The Morgan fingerprint density at radius 3 is 2.86 bits per heavy atom. The molecule has 0 aliphatic heterocycles. The van der Waals surface area contributed by atoms with E-state index in [0.29, 0.717) is 30.4 Å². The van der Waals surface area contributed by atoms with Gasteiger partial charge in [0.1, 0.15) is 5.76 Å². The number of fused-ring (bicyclic) bond motifs is 1. The van der Waals surface area contributed by atoms with E-state index in [-0.39, 0.29) is 11.2 Å². The zero-order chi connectivity index (χ0) is 15.7. The standard InChI is InChI=1S/C15H16N4O3/c1-10-9-11(22-17-10)5-4-8-19-14(20)13-12(6-3-7-16-13)18(2)15(19)21/h3,6-7,9H,4-5,8H2,1-2H3. The van der Waals surface area contributed by atoms with Gasteiger partial charge in [-0.1, -0.05) is 5.16 Å². The predicted molar refractivity (Wildman–Crippen MR) is 80.8 cm³/mol. The molecular formula is C15H16N4O3. The Labute approximate surface area is 125 Å². The van der Waals surface area contributed by atoms with Crippen molar-refractivity contribution in [1.29, 1.82) is 0 Å². The topological polar surface area (TPSA) is 82.9 Å². The number of hydrogen-bond acceptors (Lipinski definition) is 5. The Balaban J connectivity index is 1.90. The fourth-order valence-electron chi connectivity index (χ4n) is 2.47. The van der Waals surface area contributed by atoms with Crippen LogP contribution in [0.4, 0.5) is 0 Å². The van der Waals surface area contributed by atoms with Crippen LogP contribution in [0.1, 0.15) is 17.9 Å². The summed E-state index contributed by atoms with van der Waals surface area (Å²) in [6.45, 7) is 2.17. The molecule has 0 unspecified atom stereocenters. The normalized spacial score (nSPS) is 11.2. The third-order valence-corrected chi connectivity index (χ3v) is 3.59. The van der Waals surface area contributed by atoms with E-state index in [9.17, 15) is 9.59 Å². The molecule has 0 aliphatic rings. The number of hydrogen-bond donors (Lipinski definition) is 0. The van der Waals surface area contributed by atoms with Crippen LogP contribution in [-0.4, -0.2) is 19.3 Å². The van der Waals surface area contributed by atoms with Gasteiger partial charge in [0.25, 0.3) is 5.56 Å². The largest absolute Gasteiger partial charge is 0.361 e. The Morgan fingerprint density at radius 2 is 2.14 bits per heavy atom. The highest BCUT2D eigenvalue weighted by atomic mass is 16.5. The molecule has 0 spiro atoms. The van der Waals surface area contributed by atoms with Gasteiger partial charge in [0.15, 0.2) is 5.52 Å². The minimum absolute atomic E-state index is 0.306. The lowest BCUT2D eigenvalue weighted by Gasteiger charge is -2.09. The molecular weight excluding hydrogens is 284 g/mol. The lowest BCUT2D eigenvalue weighted by molar-refractivity contribution is 0.373. The fourth-order valence-corrected chi connectivity index (χ4v) is 2.47. The first-order valence-corrected chi connectivity index (χ1v) is 7.04. The highest BCUT2D eigenvalue weighted by Gasteiger charge is 2.11. The van der Waals surface area contributed by atoms with Crippen molar-refractivity contribution in [2.24, 2.45) is 7.05 Å². The van der Waals surface area contributed by atoms with E-state index in [1.807, 2.05) is 13.0 Å². The smallest absolute Gasteiger partial charge is 0.331 e. The van der Waals surface area contributed by atoms with Crippen molar-refractivity contribution in [2.45, 2.75) is 26.3 Å². The van der Waals surface area contributed by atoms with Gasteiger partial charge in [0.2, 0.25) is 0 Å². The van der Waals surface area contributed by atoms with Gasteiger partial charge >= 0.3 is 5.69 Å². The van der Waals surface area contributed by atoms with Gasteiger partial charge in [0.05, 0.1) is 11.2 Å². The second kappa shape index (κ2) is 5.59. The molecule has 0 fully saturated rings. The van der Waals surface area contributed by atoms with Crippen molar-refractivity contribution in [2.75, 3.05) is 0 Å². The van der Waals surface area contributed by atoms with Crippen LogP contribution in [-0.2, 0) is 20.0 Å². The quantitative estimate of drug-likeness (QED) is 0.718. The van der Waals surface area contributed by atoms with Crippen molar-refractivity contribution in [3.63, 3.8) is 0 Å². The summed E-state index contributed by atoms with van der Waals surface area (Å²) in [7, 11) is 1.64. The van der Waals surface area contributed by atoms with Crippen molar-refractivity contribution >= 4 is 11.0 Å². The molecule has 7 heteroatoms. The number of rotatable bonds is 4. The third kappa shape index (κ3) is 2.45. The molecule has 22 heavy (non-hydrogen) atoms. The second-order valence-electron chi connectivity index (χ2n) is 5.21. The van der Waals surface area contributed by atoms with E-state index in [2.05, 4.69) is 10.1 Å². The van der Waals surface area contributed by atoms with E-state index in [4.69, 9.17) is 4.52 Å². The van der Waals surface area contributed by atoms with Crippen molar-refractivity contribution in [1.82, 2.24) is 19.3 Å². The van der Waals surface area contributed by atoms with Crippen LogP contribution < -0.4 is 11.2 Å². The van der Waals surface area contributed by atoms with Crippen molar-refractivity contribution in [3.8, 4) is 0 Å². The molecule has 114 valence electrons. The first kappa shape index (κ1) is 14.2. The van der Waals surface area contributed by atoms with E-state index in [1.165, 1.54) is 9.13 Å². The molecule has 0 aromatic carbocycles. The summed E-state index contributed by atoms with van der Waals surface area (Å²) in [5.41, 5.74) is 0.976. The minimum atomic E-state index is -0.354. The average molecular weight is 300 g/mol. The third-order valence-electron chi connectivity index (χ3n) is 3.59. The first-order valence-electron chi connectivity index (χ1n) is 7.04. The minimum Gasteiger partial charge on any atom is -0.361 e. The number of pyridine rings is 1. The molecule has 3 heterocycles. The van der Waals surface area contributed by atoms with Crippen LogP contribution in [0.15, 0.2) is 38.5 Å². The Morgan fingerprint density at radius 1 is 1.32 bits per heavy atom. The second-order valence-corrected chi connectivity index (χ2v) is 5.21. The van der Waals surface area contributed by atoms with Crippen LogP contribution >= 0.6 is 0 Å². The monoisotopic (exact) mass is 300 g/mol. The highest BCUT2D eigenvalue weighted by Crippen LogP contribution is 2.06. The fraction of sp³-hybridized carbons (Fsp3) is 0.333. The molecule has 0 amide bonds. The summed E-state index contributed by atoms with van der Waals surface area (Å²) >= 11 is 0. The average Bonchev–Trinajstić information content (AvgIpc) is 2.94. The zero-order valence-electron chi connectivity index (χ0n) is 12.4. The van der Waals surface area contributed by atoms with Gasteiger partial charge in [-0.15, -0.1) is 0 Å². The van der Waals surface area contributed by atoms with Crippen LogP contribution in [0.5, 0.6) is 0 Å². The van der Waals surface area contributed by atoms with Crippen LogP contribution in [0, 0.1) is 6.92 Å². The highest BCUT2D eigenvalue weighted by molar-refractivity contribution is 5.72. The number of aryl methyl sites for hydroxylation is 3. The SMILES string of the molecule is Cc1cc(CCCn2c(=O)c3ncccc3n(C)c2=O)on1. The summed E-state index contributed by atoms with van der Waals surface area (Å²) in [5, 5.41) is 3.81. The Hall–Kier alpha value is -2.70. The molecule has 0 N–H and O–H groups in total. The Kier molecular flexibility index (Phi) is 3.62. The van der Waals surface area contributed by atoms with Gasteiger partial charge in [0, 0.05) is 32.3 Å². The Bertz CT molecular complexity index is 936. The van der Waals surface area contributed by atoms with Crippen molar-refractivity contribution < 1.29 is 4.52 Å². The number of aromatic nitrogens is 4. The molecule has 3 aromatic heterocycles. The van der Waals surface area contributed by atoms with Gasteiger partial charge < -0.3 is 4.52 Å². The molecule has 0 radical (unpaired) electrons. The zero-order valence-corrected chi connectivity index (χ0v) is 12.4. The van der Waals surface area contributed by atoms with Gasteiger partial charge in [-0.05, 0) is 25.5 Å². The van der Waals surface area contributed by atoms with E-state index < -0.39 is 0 Å². The summed E-state index contributed by atoms with van der Waals surface area (Å²) in [6.07, 6.45) is 2.79. The lowest BCUT2D eigenvalue weighted by atomic mass is 10.2. The maximum Gasteiger partial charge on any atom is 0.331 e. The van der Waals surface area contributed by atoms with E-state index >= 15 is 0 Å². The maximum absolute atomic E-state index is 12.4. The van der Waals surface area contributed by atoms with Gasteiger partial charge in [-0.3, -0.25) is 13.9 Å². The molecule has 0 bridgehead atoms. The van der Waals surface area contributed by atoms with Crippen LogP contribution in [0.2, 0.25) is 0 Å². The molecule has 0 saturated heterocycles. The molecule has 0 saturated carbocycles. The summed E-state index contributed by atoms with van der Waals surface area (Å²) in [5.74, 6) is 0.751. The molecule has 7 nitrogen and oxygen atoms in total. The van der Waals surface area contributed by atoms with E-state index in [1.54, 1.807) is 25.4 Å². The molecule has 3 aromatic rings.